The number of benzene rings is 1. The van der Waals surface area contributed by atoms with Gasteiger partial charge in [0.25, 0.3) is 5.56 Å². The number of anilines is 1. The minimum atomic E-state index is -1.24. The van der Waals surface area contributed by atoms with E-state index in [1.807, 2.05) is 0 Å². The first-order chi connectivity index (χ1) is 13.4. The van der Waals surface area contributed by atoms with Gasteiger partial charge in [0.05, 0.1) is 17.6 Å². The number of carboxylic acid groups (broad SMARTS) is 1. The fraction of sp³-hybridized carbons (Fsp3) is 0.222. The molecule has 0 radical (unpaired) electrons. The van der Waals surface area contributed by atoms with Crippen molar-refractivity contribution in [2.45, 2.75) is 13.0 Å². The molecular weight excluding hydrogens is 389 g/mol. The van der Waals surface area contributed by atoms with Crippen molar-refractivity contribution in [3.63, 3.8) is 0 Å². The predicted octanol–water partition coefficient (Wildman–Crippen LogP) is 2.12. The van der Waals surface area contributed by atoms with Gasteiger partial charge >= 0.3 is 5.97 Å². The second-order valence-electron chi connectivity index (χ2n) is 5.85. The van der Waals surface area contributed by atoms with Crippen molar-refractivity contribution in [1.29, 1.82) is 0 Å². The van der Waals surface area contributed by atoms with Crippen molar-refractivity contribution in [2.24, 2.45) is 0 Å². The quantitative estimate of drug-likeness (QED) is 0.623. The molecule has 0 fully saturated rings. The maximum atomic E-state index is 13.0. The lowest BCUT2D eigenvalue weighted by atomic mass is 10.2. The summed E-state index contributed by atoms with van der Waals surface area (Å²) in [6.45, 7) is -0.0954. The molecule has 2 aromatic heterocycles. The Morgan fingerprint density at radius 1 is 1.32 bits per heavy atom. The van der Waals surface area contributed by atoms with Crippen LogP contribution in [0.2, 0.25) is 0 Å². The number of carboxylic acids is 1. The van der Waals surface area contributed by atoms with Gasteiger partial charge in [0.15, 0.2) is 0 Å². The van der Waals surface area contributed by atoms with Gasteiger partial charge in [-0.15, -0.1) is 11.3 Å². The van der Waals surface area contributed by atoms with Crippen LogP contribution in [0.1, 0.15) is 16.2 Å². The van der Waals surface area contributed by atoms with E-state index in [-0.39, 0.29) is 30.5 Å². The highest BCUT2D eigenvalue weighted by molar-refractivity contribution is 7.17. The van der Waals surface area contributed by atoms with E-state index in [2.05, 4.69) is 10.3 Å². The molecule has 0 spiro atoms. The Balaban J connectivity index is 1.98. The molecule has 0 unspecified atom stereocenters. The average Bonchev–Trinajstić information content (AvgIpc) is 3.09. The highest BCUT2D eigenvalue weighted by Gasteiger charge is 2.20. The van der Waals surface area contributed by atoms with Crippen LogP contribution >= 0.6 is 11.3 Å². The molecule has 1 amide bonds. The Hall–Kier alpha value is -3.11. The number of aromatic nitrogens is 2. The van der Waals surface area contributed by atoms with Crippen LogP contribution < -0.4 is 10.9 Å². The number of methoxy groups -OCH3 is 1. The third kappa shape index (κ3) is 4.07. The maximum Gasteiger partial charge on any atom is 0.337 e. The first kappa shape index (κ1) is 19.6. The summed E-state index contributed by atoms with van der Waals surface area (Å²) in [6.07, 6.45) is 0.270. The van der Waals surface area contributed by atoms with Gasteiger partial charge in [-0.1, -0.05) is 0 Å². The van der Waals surface area contributed by atoms with Crippen molar-refractivity contribution < 1.29 is 23.8 Å². The summed E-state index contributed by atoms with van der Waals surface area (Å²) in [5.41, 5.74) is -0.388. The molecule has 2 N–H and O–H groups in total. The molecule has 0 saturated carbocycles. The molecule has 0 aliphatic heterocycles. The molecule has 0 aliphatic carbocycles. The number of carbonyl (C=O) groups excluding carboxylic acids is 1. The Morgan fingerprint density at radius 3 is 2.68 bits per heavy atom. The largest absolute Gasteiger partial charge is 0.478 e. The molecule has 10 heteroatoms. The number of carbonyl (C=O) groups is 2. The zero-order valence-electron chi connectivity index (χ0n) is 14.8. The van der Waals surface area contributed by atoms with Gasteiger partial charge in [0.1, 0.15) is 23.0 Å². The van der Waals surface area contributed by atoms with Crippen LogP contribution in [0.25, 0.3) is 10.2 Å². The SMILES string of the molecule is COCCc1nc2scc(C(=O)O)c2c(=O)n1CC(=O)Nc1ccc(F)cc1. The lowest BCUT2D eigenvalue weighted by Crippen LogP contribution is -2.32. The Morgan fingerprint density at radius 2 is 2.04 bits per heavy atom. The van der Waals surface area contributed by atoms with Crippen molar-refractivity contribution >= 4 is 39.1 Å². The third-order valence-electron chi connectivity index (χ3n) is 3.96. The molecular formula is C18H16FN3O5S. The molecule has 3 rings (SSSR count). The van der Waals surface area contributed by atoms with E-state index >= 15 is 0 Å². The standard InChI is InChI=1S/C18H16FN3O5S/c1-27-7-6-13-21-16-15(12(9-28-16)18(25)26)17(24)22(13)8-14(23)20-11-4-2-10(19)3-5-11/h2-5,9H,6-8H2,1H3,(H,20,23)(H,25,26). The van der Waals surface area contributed by atoms with Crippen LogP contribution in [0.3, 0.4) is 0 Å². The summed E-state index contributed by atoms with van der Waals surface area (Å²) < 4.78 is 19.2. The number of hydrogen-bond donors (Lipinski definition) is 2. The van der Waals surface area contributed by atoms with E-state index in [4.69, 9.17) is 4.74 Å². The Kier molecular flexibility index (Phi) is 5.81. The molecule has 146 valence electrons. The smallest absolute Gasteiger partial charge is 0.337 e. The van der Waals surface area contributed by atoms with Crippen molar-refractivity contribution in [2.75, 3.05) is 19.0 Å². The van der Waals surface area contributed by atoms with Crippen molar-refractivity contribution in [1.82, 2.24) is 9.55 Å². The van der Waals surface area contributed by atoms with E-state index in [0.717, 1.165) is 15.9 Å². The van der Waals surface area contributed by atoms with Crippen molar-refractivity contribution in [3.05, 3.63) is 57.2 Å². The molecule has 1 aromatic carbocycles. The number of thiophene rings is 1. The summed E-state index contributed by atoms with van der Waals surface area (Å²) in [4.78, 5) is 41.4. The first-order valence-corrected chi connectivity index (χ1v) is 9.07. The first-order valence-electron chi connectivity index (χ1n) is 8.19. The number of ether oxygens (including phenoxy) is 1. The van der Waals surface area contributed by atoms with Crippen molar-refractivity contribution in [3.8, 4) is 0 Å². The second-order valence-corrected chi connectivity index (χ2v) is 6.71. The molecule has 3 aromatic rings. The molecule has 0 aliphatic rings. The third-order valence-corrected chi connectivity index (χ3v) is 4.83. The topological polar surface area (TPSA) is 111 Å². The predicted molar refractivity (Wildman–Crippen MR) is 101 cm³/mol. The zero-order valence-corrected chi connectivity index (χ0v) is 15.6. The van der Waals surface area contributed by atoms with Crippen LogP contribution in [-0.2, 0) is 22.5 Å². The van der Waals surface area contributed by atoms with Gasteiger partial charge in [-0.25, -0.2) is 14.2 Å². The highest BCUT2D eigenvalue weighted by Crippen LogP contribution is 2.22. The van der Waals surface area contributed by atoms with E-state index in [9.17, 15) is 23.9 Å². The van der Waals surface area contributed by atoms with Gasteiger partial charge in [0, 0.05) is 24.6 Å². The van der Waals surface area contributed by atoms with Gasteiger partial charge in [-0.05, 0) is 24.3 Å². The van der Waals surface area contributed by atoms with E-state index in [1.165, 1.54) is 36.8 Å². The van der Waals surface area contributed by atoms with Crippen LogP contribution in [-0.4, -0.2) is 40.3 Å². The van der Waals surface area contributed by atoms with Gasteiger partial charge in [-0.3, -0.25) is 14.2 Å². The molecule has 8 nitrogen and oxygen atoms in total. The summed E-state index contributed by atoms with van der Waals surface area (Å²) in [6, 6.07) is 5.18. The number of hydrogen-bond acceptors (Lipinski definition) is 6. The van der Waals surface area contributed by atoms with E-state index < -0.39 is 23.3 Å². The summed E-state index contributed by atoms with van der Waals surface area (Å²) in [5, 5.41) is 13.2. The number of rotatable bonds is 7. The monoisotopic (exact) mass is 405 g/mol. The average molecular weight is 405 g/mol. The zero-order chi connectivity index (χ0) is 20.3. The molecule has 0 saturated heterocycles. The number of halogens is 1. The summed E-state index contributed by atoms with van der Waals surface area (Å²) in [7, 11) is 1.50. The minimum Gasteiger partial charge on any atom is -0.478 e. The van der Waals surface area contributed by atoms with Gasteiger partial charge < -0.3 is 15.2 Å². The van der Waals surface area contributed by atoms with E-state index in [1.54, 1.807) is 0 Å². The molecule has 0 atom stereocenters. The van der Waals surface area contributed by atoms with E-state index in [0.29, 0.717) is 16.3 Å². The van der Waals surface area contributed by atoms with Crippen LogP contribution in [0.5, 0.6) is 0 Å². The number of amides is 1. The summed E-state index contributed by atoms with van der Waals surface area (Å²) >= 11 is 1.05. The van der Waals surface area contributed by atoms with Crippen LogP contribution in [0, 0.1) is 5.82 Å². The lowest BCUT2D eigenvalue weighted by molar-refractivity contribution is -0.116. The van der Waals surface area contributed by atoms with Crippen LogP contribution in [0.4, 0.5) is 10.1 Å². The second kappa shape index (κ2) is 8.28. The fourth-order valence-corrected chi connectivity index (χ4v) is 3.57. The van der Waals surface area contributed by atoms with Crippen LogP contribution in [0.15, 0.2) is 34.4 Å². The Labute approximate surface area is 162 Å². The maximum absolute atomic E-state index is 13.0. The number of fused-ring (bicyclic) bond motifs is 1. The minimum absolute atomic E-state index is 0.0340. The molecule has 0 bridgehead atoms. The number of nitrogens with one attached hydrogen (secondary N) is 1. The highest BCUT2D eigenvalue weighted by atomic mass is 32.1. The number of nitrogens with zero attached hydrogens (tertiary/aromatic N) is 2. The lowest BCUT2D eigenvalue weighted by Gasteiger charge is -2.13. The molecule has 2 heterocycles. The number of aromatic carboxylic acids is 1. The fourth-order valence-electron chi connectivity index (χ4n) is 2.65. The molecule has 28 heavy (non-hydrogen) atoms. The summed E-state index contributed by atoms with van der Waals surface area (Å²) in [5.74, 6) is -1.89. The Bertz CT molecular complexity index is 1090. The van der Waals surface area contributed by atoms with Gasteiger partial charge in [0.2, 0.25) is 5.91 Å². The normalized spacial score (nSPS) is 10.9. The van der Waals surface area contributed by atoms with Gasteiger partial charge in [-0.2, -0.15) is 0 Å².